The van der Waals surface area contributed by atoms with Crippen molar-refractivity contribution in [3.05, 3.63) is 23.5 Å². The molecule has 1 unspecified atom stereocenters. The van der Waals surface area contributed by atoms with Crippen LogP contribution in [0.5, 0.6) is 0 Å². The van der Waals surface area contributed by atoms with Gasteiger partial charge < -0.3 is 16.2 Å². The Labute approximate surface area is 128 Å². The quantitative estimate of drug-likeness (QED) is 0.684. The summed E-state index contributed by atoms with van der Waals surface area (Å²) >= 11 is 0. The van der Waals surface area contributed by atoms with Crippen LogP contribution < -0.4 is 11.1 Å². The Morgan fingerprint density at radius 2 is 2.14 bits per heavy atom. The molecule has 22 heavy (non-hydrogen) atoms. The van der Waals surface area contributed by atoms with E-state index in [1.54, 1.807) is 0 Å². The second-order valence-electron chi connectivity index (χ2n) is 5.87. The summed E-state index contributed by atoms with van der Waals surface area (Å²) < 4.78 is 26.8. The lowest BCUT2D eigenvalue weighted by Crippen LogP contribution is -2.35. The Morgan fingerprint density at radius 1 is 1.50 bits per heavy atom. The van der Waals surface area contributed by atoms with E-state index in [2.05, 4.69) is 10.3 Å². The van der Waals surface area contributed by atoms with Crippen LogP contribution in [0.4, 0.5) is 14.5 Å². The second-order valence-corrected chi connectivity index (χ2v) is 5.87. The number of hydrogen-bond acceptors (Lipinski definition) is 4. The molecule has 0 aliphatic heterocycles. The van der Waals surface area contributed by atoms with Crippen molar-refractivity contribution >= 4 is 11.6 Å². The molecule has 1 heterocycles. The van der Waals surface area contributed by atoms with Gasteiger partial charge in [-0.3, -0.25) is 9.78 Å². The standard InChI is InChI=1S/C15H23F2N3O2/c1-9(16)4-6-19-10-5-7-20-11(13(10)14(18)21)8-12(17)15(2,3)22/h5,7,9,12,22H,4,6,8H2,1-3H3,(H2,18,21)(H,19,20)/t9?,12-/m1/s1. The predicted molar refractivity (Wildman–Crippen MR) is 81.3 cm³/mol. The molecule has 1 aromatic rings. The molecule has 0 saturated carbocycles. The molecule has 2 atom stereocenters. The zero-order chi connectivity index (χ0) is 16.9. The summed E-state index contributed by atoms with van der Waals surface area (Å²) in [7, 11) is 0. The maximum Gasteiger partial charge on any atom is 0.252 e. The number of carbonyl (C=O) groups excluding carboxylic acids is 1. The Kier molecular flexibility index (Phi) is 6.22. The summed E-state index contributed by atoms with van der Waals surface area (Å²) in [6.45, 7) is 4.43. The van der Waals surface area contributed by atoms with Gasteiger partial charge in [-0.2, -0.15) is 0 Å². The van der Waals surface area contributed by atoms with Crippen LogP contribution >= 0.6 is 0 Å². The zero-order valence-corrected chi connectivity index (χ0v) is 13.1. The van der Waals surface area contributed by atoms with Gasteiger partial charge in [-0.25, -0.2) is 8.78 Å². The Morgan fingerprint density at radius 3 is 2.64 bits per heavy atom. The van der Waals surface area contributed by atoms with Crippen molar-refractivity contribution in [3.8, 4) is 0 Å². The highest BCUT2D eigenvalue weighted by molar-refractivity contribution is 5.99. The fourth-order valence-corrected chi connectivity index (χ4v) is 1.91. The molecule has 0 aromatic carbocycles. The van der Waals surface area contributed by atoms with Crippen molar-refractivity contribution in [1.82, 2.24) is 4.98 Å². The van der Waals surface area contributed by atoms with Crippen LogP contribution in [0, 0.1) is 0 Å². The molecular formula is C15H23F2N3O2. The van der Waals surface area contributed by atoms with Gasteiger partial charge in [0.05, 0.1) is 28.7 Å². The predicted octanol–water partition coefficient (Wildman–Crippen LogP) is 1.99. The minimum Gasteiger partial charge on any atom is -0.387 e. The number of hydrogen-bond donors (Lipinski definition) is 3. The van der Waals surface area contributed by atoms with Gasteiger partial charge in [0.1, 0.15) is 6.17 Å². The number of aromatic nitrogens is 1. The molecule has 0 bridgehead atoms. The van der Waals surface area contributed by atoms with Gasteiger partial charge in [0.2, 0.25) is 0 Å². The molecule has 7 heteroatoms. The molecule has 4 N–H and O–H groups in total. The SMILES string of the molecule is CC(F)CCNc1ccnc(C[C@@H](F)C(C)(C)O)c1C(N)=O. The van der Waals surface area contributed by atoms with E-state index >= 15 is 0 Å². The monoisotopic (exact) mass is 315 g/mol. The Hall–Kier alpha value is -1.76. The van der Waals surface area contributed by atoms with Gasteiger partial charge in [0.25, 0.3) is 5.91 Å². The van der Waals surface area contributed by atoms with Crippen LogP contribution in [0.1, 0.15) is 43.2 Å². The lowest BCUT2D eigenvalue weighted by Gasteiger charge is -2.23. The summed E-state index contributed by atoms with van der Waals surface area (Å²) in [5, 5.41) is 12.6. The fraction of sp³-hybridized carbons (Fsp3) is 0.600. The third-order valence-electron chi connectivity index (χ3n) is 3.27. The van der Waals surface area contributed by atoms with Crippen molar-refractivity contribution in [2.24, 2.45) is 5.73 Å². The number of anilines is 1. The lowest BCUT2D eigenvalue weighted by atomic mass is 9.96. The number of halogens is 2. The first-order chi connectivity index (χ1) is 10.1. The molecule has 124 valence electrons. The van der Waals surface area contributed by atoms with E-state index in [0.29, 0.717) is 12.2 Å². The van der Waals surface area contributed by atoms with Gasteiger partial charge in [0.15, 0.2) is 0 Å². The molecule has 0 fully saturated rings. The maximum absolute atomic E-state index is 14.0. The van der Waals surface area contributed by atoms with Crippen LogP contribution in [-0.4, -0.2) is 40.5 Å². The van der Waals surface area contributed by atoms with Gasteiger partial charge in [0, 0.05) is 19.2 Å². The molecule has 0 radical (unpaired) electrons. The fourth-order valence-electron chi connectivity index (χ4n) is 1.91. The zero-order valence-electron chi connectivity index (χ0n) is 13.1. The normalized spacial score (nSPS) is 14.5. The minimum absolute atomic E-state index is 0.0703. The van der Waals surface area contributed by atoms with Crippen LogP contribution in [0.2, 0.25) is 0 Å². The van der Waals surface area contributed by atoms with Gasteiger partial charge in [-0.15, -0.1) is 0 Å². The summed E-state index contributed by atoms with van der Waals surface area (Å²) in [5.74, 6) is -0.748. The first-order valence-corrected chi connectivity index (χ1v) is 7.15. The average molecular weight is 315 g/mol. The average Bonchev–Trinajstić information content (AvgIpc) is 2.36. The molecule has 0 aliphatic carbocycles. The highest BCUT2D eigenvalue weighted by Gasteiger charge is 2.29. The van der Waals surface area contributed by atoms with E-state index in [4.69, 9.17) is 5.73 Å². The highest BCUT2D eigenvalue weighted by Crippen LogP contribution is 2.23. The number of rotatable bonds is 8. The minimum atomic E-state index is -1.60. The van der Waals surface area contributed by atoms with Crippen LogP contribution in [-0.2, 0) is 6.42 Å². The number of pyridine rings is 1. The van der Waals surface area contributed by atoms with Crippen molar-refractivity contribution in [1.29, 1.82) is 0 Å². The van der Waals surface area contributed by atoms with Gasteiger partial charge in [-0.1, -0.05) is 0 Å². The van der Waals surface area contributed by atoms with E-state index in [0.717, 1.165) is 0 Å². The third kappa shape index (κ3) is 5.22. The largest absolute Gasteiger partial charge is 0.387 e. The molecule has 1 amide bonds. The molecule has 0 saturated heterocycles. The van der Waals surface area contributed by atoms with E-state index in [1.165, 1.54) is 33.0 Å². The summed E-state index contributed by atoms with van der Waals surface area (Å²) in [4.78, 5) is 15.6. The first-order valence-electron chi connectivity index (χ1n) is 7.15. The number of aliphatic hydroxyl groups is 1. The number of amides is 1. The van der Waals surface area contributed by atoms with Crippen molar-refractivity contribution in [2.75, 3.05) is 11.9 Å². The molecule has 1 rings (SSSR count). The third-order valence-corrected chi connectivity index (χ3v) is 3.27. The second kappa shape index (κ2) is 7.49. The number of nitrogens with two attached hydrogens (primary N) is 1. The number of primary amides is 1. The summed E-state index contributed by atoms with van der Waals surface area (Å²) in [6.07, 6.45) is -1.13. The molecule has 1 aromatic heterocycles. The number of carbonyl (C=O) groups is 1. The molecule has 5 nitrogen and oxygen atoms in total. The van der Waals surface area contributed by atoms with Crippen LogP contribution in [0.3, 0.4) is 0 Å². The number of nitrogens with zero attached hydrogens (tertiary/aromatic N) is 1. The molecular weight excluding hydrogens is 292 g/mol. The topological polar surface area (TPSA) is 88.2 Å². The maximum atomic E-state index is 14.0. The number of alkyl halides is 2. The van der Waals surface area contributed by atoms with Crippen molar-refractivity contribution < 1.29 is 18.7 Å². The van der Waals surface area contributed by atoms with Gasteiger partial charge in [-0.05, 0) is 33.3 Å². The van der Waals surface area contributed by atoms with Gasteiger partial charge >= 0.3 is 0 Å². The lowest BCUT2D eigenvalue weighted by molar-refractivity contribution is -0.00307. The van der Waals surface area contributed by atoms with Crippen molar-refractivity contribution in [2.45, 2.75) is 51.6 Å². The molecule has 0 spiro atoms. The van der Waals surface area contributed by atoms with E-state index < -0.39 is 23.9 Å². The van der Waals surface area contributed by atoms with E-state index in [1.807, 2.05) is 0 Å². The number of nitrogens with one attached hydrogen (secondary N) is 1. The highest BCUT2D eigenvalue weighted by atomic mass is 19.1. The van der Waals surface area contributed by atoms with Crippen molar-refractivity contribution in [3.63, 3.8) is 0 Å². The summed E-state index contributed by atoms with van der Waals surface area (Å²) in [5.41, 5.74) is 4.43. The van der Waals surface area contributed by atoms with E-state index in [9.17, 15) is 18.7 Å². The molecule has 0 aliphatic rings. The van der Waals surface area contributed by atoms with Crippen LogP contribution in [0.25, 0.3) is 0 Å². The van der Waals surface area contributed by atoms with E-state index in [-0.39, 0.29) is 24.1 Å². The Bertz CT molecular complexity index is 516. The smallest absolute Gasteiger partial charge is 0.252 e. The summed E-state index contributed by atoms with van der Waals surface area (Å²) in [6, 6.07) is 1.53. The first kappa shape index (κ1) is 18.3. The van der Waals surface area contributed by atoms with Crippen LogP contribution in [0.15, 0.2) is 12.3 Å². The Balaban J connectivity index is 3.00.